The van der Waals surface area contributed by atoms with E-state index in [1.165, 1.54) is 0 Å². The molecule has 5 heteroatoms. The molecule has 0 saturated heterocycles. The first-order valence-electron chi connectivity index (χ1n) is 4.38. The zero-order chi connectivity index (χ0) is 10.6. The molecule has 0 spiro atoms. The van der Waals surface area contributed by atoms with Crippen LogP contribution in [-0.4, -0.2) is 30.2 Å². The van der Waals surface area contributed by atoms with Gasteiger partial charge in [-0.3, -0.25) is 0 Å². The van der Waals surface area contributed by atoms with Crippen LogP contribution in [0.5, 0.6) is 5.75 Å². The molecule has 1 aromatic carbocycles. The van der Waals surface area contributed by atoms with E-state index in [1.54, 1.807) is 7.11 Å². The summed E-state index contributed by atoms with van der Waals surface area (Å²) < 4.78 is 4.99. The maximum atomic E-state index is 8.79. The van der Waals surface area contributed by atoms with E-state index in [-0.39, 0.29) is 0 Å². The van der Waals surface area contributed by atoms with Crippen molar-refractivity contribution in [3.05, 3.63) is 29.8 Å². The summed E-state index contributed by atoms with van der Waals surface area (Å²) in [7, 11) is 0.121. The molecule has 0 aliphatic carbocycles. The van der Waals surface area contributed by atoms with Crippen molar-refractivity contribution >= 4 is 7.12 Å². The summed E-state index contributed by atoms with van der Waals surface area (Å²) in [6.45, 7) is 0. The van der Waals surface area contributed by atoms with Crippen molar-refractivity contribution in [2.24, 2.45) is 5.73 Å². The molecule has 0 aliphatic rings. The van der Waals surface area contributed by atoms with E-state index < -0.39 is 13.1 Å². The van der Waals surface area contributed by atoms with Gasteiger partial charge in [0.2, 0.25) is 0 Å². The first kappa shape index (κ1) is 11.0. The summed E-state index contributed by atoms with van der Waals surface area (Å²) in [5.41, 5.74) is 6.44. The molecule has 1 rings (SSSR count). The van der Waals surface area contributed by atoms with Crippen molar-refractivity contribution in [3.8, 4) is 5.75 Å². The zero-order valence-corrected chi connectivity index (χ0v) is 8.05. The third kappa shape index (κ3) is 3.03. The van der Waals surface area contributed by atoms with Gasteiger partial charge in [-0.15, -0.1) is 0 Å². The molecular formula is C9H14BNO3. The monoisotopic (exact) mass is 195 g/mol. The average Bonchev–Trinajstić information content (AvgIpc) is 2.19. The fourth-order valence-corrected chi connectivity index (χ4v) is 1.14. The maximum absolute atomic E-state index is 8.79. The highest BCUT2D eigenvalue weighted by atomic mass is 16.5. The van der Waals surface area contributed by atoms with Crippen LogP contribution in [0.3, 0.4) is 0 Å². The Balaban J connectivity index is 2.59. The molecule has 0 heterocycles. The van der Waals surface area contributed by atoms with E-state index in [9.17, 15) is 0 Å². The van der Waals surface area contributed by atoms with Gasteiger partial charge in [-0.2, -0.15) is 0 Å². The zero-order valence-electron chi connectivity index (χ0n) is 8.05. The number of methoxy groups -OCH3 is 1. The van der Waals surface area contributed by atoms with Gasteiger partial charge >= 0.3 is 7.12 Å². The SMILES string of the molecule is COc1ccc(CC(N)B(O)O)cc1. The summed E-state index contributed by atoms with van der Waals surface area (Å²) in [5.74, 6) is 0.121. The Kier molecular flexibility index (Phi) is 3.94. The molecule has 0 fully saturated rings. The van der Waals surface area contributed by atoms with Gasteiger partial charge in [-0.25, -0.2) is 0 Å². The number of hydrogen-bond acceptors (Lipinski definition) is 4. The highest BCUT2D eigenvalue weighted by Gasteiger charge is 2.18. The molecule has 0 amide bonds. The summed E-state index contributed by atoms with van der Waals surface area (Å²) in [6, 6.07) is 7.32. The Morgan fingerprint density at radius 3 is 2.36 bits per heavy atom. The largest absolute Gasteiger partial charge is 0.497 e. The van der Waals surface area contributed by atoms with Crippen molar-refractivity contribution in [3.63, 3.8) is 0 Å². The second-order valence-corrected chi connectivity index (χ2v) is 3.13. The predicted molar refractivity (Wildman–Crippen MR) is 54.9 cm³/mol. The molecule has 14 heavy (non-hydrogen) atoms. The molecule has 1 unspecified atom stereocenters. The molecule has 1 aromatic rings. The van der Waals surface area contributed by atoms with Crippen LogP contribution in [-0.2, 0) is 6.42 Å². The predicted octanol–water partition coefficient (Wildman–Crippen LogP) is -0.423. The first-order chi connectivity index (χ1) is 6.63. The lowest BCUT2D eigenvalue weighted by atomic mass is 9.77. The molecule has 0 saturated carbocycles. The highest BCUT2D eigenvalue weighted by Crippen LogP contribution is 2.12. The number of benzene rings is 1. The molecule has 4 N–H and O–H groups in total. The van der Waals surface area contributed by atoms with Crippen LogP contribution in [0.2, 0.25) is 0 Å². The van der Waals surface area contributed by atoms with Crippen molar-refractivity contribution in [1.29, 1.82) is 0 Å². The van der Waals surface area contributed by atoms with Gasteiger partial charge in [-0.1, -0.05) is 12.1 Å². The number of rotatable bonds is 4. The minimum Gasteiger partial charge on any atom is -0.497 e. The second kappa shape index (κ2) is 5.00. The summed E-state index contributed by atoms with van der Waals surface area (Å²) >= 11 is 0. The standard InChI is InChI=1S/C9H14BNO3/c1-14-8-4-2-7(3-5-8)6-9(11)10(12)13/h2-5,9,12-13H,6,11H2,1H3. The van der Waals surface area contributed by atoms with Gasteiger partial charge in [0.25, 0.3) is 0 Å². The lowest BCUT2D eigenvalue weighted by Crippen LogP contribution is -2.40. The van der Waals surface area contributed by atoms with E-state index in [2.05, 4.69) is 0 Å². The van der Waals surface area contributed by atoms with Gasteiger partial charge in [0, 0.05) is 5.94 Å². The van der Waals surface area contributed by atoms with E-state index in [4.69, 9.17) is 20.5 Å². The Bertz CT molecular complexity index is 276. The molecule has 4 nitrogen and oxygen atoms in total. The van der Waals surface area contributed by atoms with Crippen molar-refractivity contribution in [2.45, 2.75) is 12.4 Å². The second-order valence-electron chi connectivity index (χ2n) is 3.13. The van der Waals surface area contributed by atoms with Gasteiger partial charge in [0.15, 0.2) is 0 Å². The summed E-state index contributed by atoms with van der Waals surface area (Å²) in [6.07, 6.45) is 0.432. The summed E-state index contributed by atoms with van der Waals surface area (Å²) in [4.78, 5) is 0. The van der Waals surface area contributed by atoms with Gasteiger partial charge < -0.3 is 20.5 Å². The topological polar surface area (TPSA) is 75.7 Å². The van der Waals surface area contributed by atoms with Gasteiger partial charge in [0.05, 0.1) is 7.11 Å². The van der Waals surface area contributed by atoms with Crippen LogP contribution in [0.25, 0.3) is 0 Å². The lowest BCUT2D eigenvalue weighted by molar-refractivity contribution is 0.386. The fourth-order valence-electron chi connectivity index (χ4n) is 1.14. The van der Waals surface area contributed by atoms with E-state index in [0.717, 1.165) is 11.3 Å². The van der Waals surface area contributed by atoms with Crippen molar-refractivity contribution in [1.82, 2.24) is 0 Å². The number of ether oxygens (including phenoxy) is 1. The Morgan fingerprint density at radius 1 is 1.36 bits per heavy atom. The van der Waals surface area contributed by atoms with Gasteiger partial charge in [-0.05, 0) is 24.1 Å². The van der Waals surface area contributed by atoms with E-state index in [1.807, 2.05) is 24.3 Å². The normalized spacial score (nSPS) is 12.3. The molecule has 0 aromatic heterocycles. The number of hydrogen-bond donors (Lipinski definition) is 3. The number of nitrogens with two attached hydrogens (primary N) is 1. The maximum Gasteiger partial charge on any atom is 0.469 e. The third-order valence-corrected chi connectivity index (χ3v) is 2.01. The van der Waals surface area contributed by atoms with Crippen molar-refractivity contribution in [2.75, 3.05) is 7.11 Å². The van der Waals surface area contributed by atoms with E-state index in [0.29, 0.717) is 6.42 Å². The van der Waals surface area contributed by atoms with E-state index >= 15 is 0 Å². The smallest absolute Gasteiger partial charge is 0.469 e. The minimum atomic E-state index is -1.47. The molecule has 0 aliphatic heterocycles. The van der Waals surface area contributed by atoms with Crippen molar-refractivity contribution < 1.29 is 14.8 Å². The highest BCUT2D eigenvalue weighted by molar-refractivity contribution is 6.43. The quantitative estimate of drug-likeness (QED) is 0.570. The Morgan fingerprint density at radius 2 is 1.93 bits per heavy atom. The molecule has 0 bridgehead atoms. The Labute approximate surface area is 83.5 Å². The van der Waals surface area contributed by atoms with Crippen LogP contribution >= 0.6 is 0 Å². The van der Waals surface area contributed by atoms with Crippen LogP contribution in [0.1, 0.15) is 5.56 Å². The first-order valence-corrected chi connectivity index (χ1v) is 4.38. The lowest BCUT2D eigenvalue weighted by Gasteiger charge is -2.10. The molecule has 76 valence electrons. The fraction of sp³-hybridized carbons (Fsp3) is 0.333. The van der Waals surface area contributed by atoms with Gasteiger partial charge in [0.1, 0.15) is 5.75 Å². The molecular weight excluding hydrogens is 181 g/mol. The molecule has 0 radical (unpaired) electrons. The van der Waals surface area contributed by atoms with Crippen LogP contribution < -0.4 is 10.5 Å². The van der Waals surface area contributed by atoms with Crippen LogP contribution in [0.4, 0.5) is 0 Å². The average molecular weight is 195 g/mol. The van der Waals surface area contributed by atoms with Crippen LogP contribution in [0.15, 0.2) is 24.3 Å². The Hall–Kier alpha value is -1.04. The summed E-state index contributed by atoms with van der Waals surface area (Å²) in [5, 5.41) is 17.6. The molecule has 1 atom stereocenters. The van der Waals surface area contributed by atoms with Crippen LogP contribution in [0, 0.1) is 0 Å². The minimum absolute atomic E-state index is 0.432. The third-order valence-electron chi connectivity index (χ3n) is 2.01.